The number of hydrogen-bond donors (Lipinski definition) is 1. The van der Waals surface area contributed by atoms with Crippen molar-refractivity contribution in [3.8, 4) is 5.75 Å². The van der Waals surface area contributed by atoms with E-state index in [4.69, 9.17) is 4.74 Å². The molecule has 0 unspecified atom stereocenters. The number of aliphatic imine (C=N–C) groups is 1. The molecule has 1 atom stereocenters. The first-order valence-electron chi connectivity index (χ1n) is 10.1. The number of nitrogens with one attached hydrogen (secondary N) is 1. The lowest BCUT2D eigenvalue weighted by atomic mass is 10.0. The fourth-order valence-corrected chi connectivity index (χ4v) is 5.32. The number of sulfonamides is 1. The van der Waals surface area contributed by atoms with Gasteiger partial charge in [0.05, 0.1) is 18.0 Å². The van der Waals surface area contributed by atoms with Crippen LogP contribution in [-0.2, 0) is 14.8 Å². The van der Waals surface area contributed by atoms with Crippen LogP contribution in [-0.4, -0.2) is 45.3 Å². The Balaban J connectivity index is 1.55. The minimum Gasteiger partial charge on any atom is -0.497 e. The average molecular weight is 428 g/mol. The van der Waals surface area contributed by atoms with E-state index in [1.54, 1.807) is 25.3 Å². The molecule has 2 aliphatic rings. The molecule has 0 aromatic heterocycles. The molecule has 2 aromatic carbocycles. The van der Waals surface area contributed by atoms with Crippen LogP contribution in [0.2, 0.25) is 0 Å². The Labute approximate surface area is 176 Å². The highest BCUT2D eigenvalue weighted by atomic mass is 32.2. The summed E-state index contributed by atoms with van der Waals surface area (Å²) in [4.78, 5) is 19.5. The van der Waals surface area contributed by atoms with E-state index >= 15 is 0 Å². The summed E-state index contributed by atoms with van der Waals surface area (Å²) in [5.41, 5.74) is 1.58. The highest BCUT2D eigenvalue weighted by molar-refractivity contribution is 7.90. The summed E-state index contributed by atoms with van der Waals surface area (Å²) < 4.78 is 32.2. The molecule has 1 saturated heterocycles. The number of nitrogens with zero attached hydrogens (tertiary/aromatic N) is 2. The lowest BCUT2D eigenvalue weighted by Gasteiger charge is -2.30. The van der Waals surface area contributed by atoms with Gasteiger partial charge in [0.1, 0.15) is 18.1 Å². The van der Waals surface area contributed by atoms with Gasteiger partial charge in [-0.15, -0.1) is 0 Å². The Morgan fingerprint density at radius 3 is 2.67 bits per heavy atom. The predicted octanol–water partition coefficient (Wildman–Crippen LogP) is 2.88. The van der Waals surface area contributed by atoms with Crippen LogP contribution in [0.5, 0.6) is 5.75 Å². The van der Waals surface area contributed by atoms with Crippen molar-refractivity contribution in [3.63, 3.8) is 0 Å². The summed E-state index contributed by atoms with van der Waals surface area (Å²) in [7, 11) is -1.98. The molecule has 0 radical (unpaired) electrons. The maximum Gasteiger partial charge on any atom is 0.263 e. The SMILES string of the molecule is COc1ccc([C@@H]2CCCCCN2C(=O)CN=C2NS(=O)(=O)c3ccccc32)cc1. The fraction of sp³-hybridized carbons (Fsp3) is 0.364. The third-order valence-corrected chi connectivity index (χ3v) is 7.01. The molecule has 2 aliphatic heterocycles. The van der Waals surface area contributed by atoms with Crippen molar-refractivity contribution >= 4 is 21.8 Å². The van der Waals surface area contributed by atoms with Crippen molar-refractivity contribution < 1.29 is 17.9 Å². The number of hydrogen-bond acceptors (Lipinski definition) is 5. The normalized spacial score (nSPS) is 21.6. The van der Waals surface area contributed by atoms with Gasteiger partial charge in [0.15, 0.2) is 0 Å². The smallest absolute Gasteiger partial charge is 0.263 e. The monoisotopic (exact) mass is 427 g/mol. The summed E-state index contributed by atoms with van der Waals surface area (Å²) >= 11 is 0. The van der Waals surface area contributed by atoms with Crippen LogP contribution < -0.4 is 9.46 Å². The second-order valence-corrected chi connectivity index (χ2v) is 9.14. The second kappa shape index (κ2) is 8.47. The molecule has 0 bridgehead atoms. The van der Waals surface area contributed by atoms with E-state index in [2.05, 4.69) is 9.71 Å². The molecule has 158 valence electrons. The minimum atomic E-state index is -3.61. The molecule has 2 heterocycles. The molecule has 30 heavy (non-hydrogen) atoms. The van der Waals surface area contributed by atoms with E-state index in [-0.39, 0.29) is 29.2 Å². The van der Waals surface area contributed by atoms with Crippen molar-refractivity contribution in [2.24, 2.45) is 4.99 Å². The number of carbonyl (C=O) groups excluding carboxylic acids is 1. The van der Waals surface area contributed by atoms with Gasteiger partial charge in [0, 0.05) is 12.1 Å². The molecule has 2 aromatic rings. The Kier molecular flexibility index (Phi) is 5.76. The molecule has 4 rings (SSSR count). The van der Waals surface area contributed by atoms with Crippen LogP contribution in [0, 0.1) is 0 Å². The summed E-state index contributed by atoms with van der Waals surface area (Å²) in [6.07, 6.45) is 3.98. The predicted molar refractivity (Wildman–Crippen MR) is 114 cm³/mol. The average Bonchev–Trinajstić information content (AvgIpc) is 2.91. The third-order valence-electron chi connectivity index (χ3n) is 5.61. The van der Waals surface area contributed by atoms with Crippen LogP contribution in [0.4, 0.5) is 0 Å². The number of amidine groups is 1. The molecule has 1 amide bonds. The Hall–Kier alpha value is -2.87. The first-order chi connectivity index (χ1) is 14.5. The van der Waals surface area contributed by atoms with Crippen LogP contribution in [0.3, 0.4) is 0 Å². The van der Waals surface area contributed by atoms with E-state index < -0.39 is 10.0 Å². The molecular weight excluding hydrogens is 402 g/mol. The van der Waals surface area contributed by atoms with Gasteiger partial charge in [-0.05, 0) is 42.7 Å². The highest BCUT2D eigenvalue weighted by Gasteiger charge is 2.31. The number of benzene rings is 2. The van der Waals surface area contributed by atoms with Gasteiger partial charge in [0.2, 0.25) is 5.91 Å². The number of amides is 1. The van der Waals surface area contributed by atoms with Gasteiger partial charge in [-0.25, -0.2) is 8.42 Å². The maximum absolute atomic E-state index is 13.1. The zero-order valence-electron chi connectivity index (χ0n) is 16.9. The molecule has 7 nitrogen and oxygen atoms in total. The minimum absolute atomic E-state index is 0.0151. The molecule has 1 fully saturated rings. The number of likely N-dealkylation sites (tertiary alicyclic amines) is 1. The van der Waals surface area contributed by atoms with Crippen LogP contribution in [0.15, 0.2) is 58.4 Å². The van der Waals surface area contributed by atoms with Gasteiger partial charge >= 0.3 is 0 Å². The summed E-state index contributed by atoms with van der Waals surface area (Å²) in [5.74, 6) is 0.910. The van der Waals surface area contributed by atoms with Gasteiger partial charge in [-0.2, -0.15) is 0 Å². The summed E-state index contributed by atoms with van der Waals surface area (Å²) in [6.45, 7) is 0.571. The number of methoxy groups -OCH3 is 1. The maximum atomic E-state index is 13.1. The van der Waals surface area contributed by atoms with E-state index in [1.807, 2.05) is 29.2 Å². The number of fused-ring (bicyclic) bond motifs is 1. The van der Waals surface area contributed by atoms with Crippen molar-refractivity contribution in [2.75, 3.05) is 20.2 Å². The zero-order valence-corrected chi connectivity index (χ0v) is 17.7. The van der Waals surface area contributed by atoms with Gasteiger partial charge in [-0.3, -0.25) is 14.5 Å². The lowest BCUT2D eigenvalue weighted by molar-refractivity contribution is -0.132. The number of rotatable bonds is 4. The first-order valence-corrected chi connectivity index (χ1v) is 11.6. The second-order valence-electron chi connectivity index (χ2n) is 7.49. The zero-order chi connectivity index (χ0) is 21.1. The first kappa shape index (κ1) is 20.4. The van der Waals surface area contributed by atoms with Crippen LogP contribution in [0.1, 0.15) is 42.9 Å². The topological polar surface area (TPSA) is 88.1 Å². The van der Waals surface area contributed by atoms with Crippen LogP contribution in [0.25, 0.3) is 0 Å². The summed E-state index contributed by atoms with van der Waals surface area (Å²) in [5, 5.41) is 0. The summed E-state index contributed by atoms with van der Waals surface area (Å²) in [6, 6.07) is 14.5. The van der Waals surface area contributed by atoms with Crippen molar-refractivity contribution in [2.45, 2.75) is 36.6 Å². The largest absolute Gasteiger partial charge is 0.497 e. The van der Waals surface area contributed by atoms with Crippen LogP contribution >= 0.6 is 0 Å². The third kappa shape index (κ3) is 4.05. The Morgan fingerprint density at radius 2 is 1.90 bits per heavy atom. The molecule has 0 saturated carbocycles. The van der Waals surface area contributed by atoms with Gasteiger partial charge < -0.3 is 9.64 Å². The number of carbonyl (C=O) groups is 1. The van der Waals surface area contributed by atoms with E-state index in [0.717, 1.165) is 37.0 Å². The van der Waals surface area contributed by atoms with E-state index in [0.29, 0.717) is 12.1 Å². The van der Waals surface area contributed by atoms with E-state index in [1.165, 1.54) is 6.07 Å². The van der Waals surface area contributed by atoms with Gasteiger partial charge in [0.25, 0.3) is 10.0 Å². The fourth-order valence-electron chi connectivity index (χ4n) is 4.07. The van der Waals surface area contributed by atoms with Gasteiger partial charge in [-0.1, -0.05) is 37.1 Å². The lowest BCUT2D eigenvalue weighted by Crippen LogP contribution is -2.37. The van der Waals surface area contributed by atoms with Crippen molar-refractivity contribution in [3.05, 3.63) is 59.7 Å². The Bertz CT molecular complexity index is 1060. The molecule has 8 heteroatoms. The molecule has 0 aliphatic carbocycles. The van der Waals surface area contributed by atoms with Crippen molar-refractivity contribution in [1.29, 1.82) is 0 Å². The molecular formula is C22H25N3O4S. The number of ether oxygens (including phenoxy) is 1. The van der Waals surface area contributed by atoms with E-state index in [9.17, 15) is 13.2 Å². The highest BCUT2D eigenvalue weighted by Crippen LogP contribution is 2.31. The molecule has 0 spiro atoms. The quantitative estimate of drug-likeness (QED) is 0.813. The Morgan fingerprint density at radius 1 is 1.13 bits per heavy atom. The molecule has 1 N–H and O–H groups in total. The van der Waals surface area contributed by atoms with Crippen molar-refractivity contribution in [1.82, 2.24) is 9.62 Å². The standard InChI is InChI=1S/C22H25N3O4S/c1-29-17-12-10-16(11-13-17)19-8-3-2-6-14-25(19)21(26)15-23-22-18-7-4-5-9-20(18)30(27,28)24-22/h4-5,7,9-13,19H,2-3,6,8,14-15H2,1H3,(H,23,24)/t19-/m0/s1.